The Kier molecular flexibility index (Phi) is 12.7. The minimum absolute atomic E-state index is 0.0270. The Balaban J connectivity index is 0.000000199. The van der Waals surface area contributed by atoms with Gasteiger partial charge in [0.25, 0.3) is 0 Å². The van der Waals surface area contributed by atoms with E-state index in [9.17, 15) is 5.11 Å². The number of rotatable bonds is 11. The lowest BCUT2D eigenvalue weighted by Crippen LogP contribution is -2.43. The Morgan fingerprint density at radius 2 is 1.58 bits per heavy atom. The second-order valence-electron chi connectivity index (χ2n) is 11.7. The van der Waals surface area contributed by atoms with Crippen molar-refractivity contribution in [3.8, 4) is 17.2 Å². The first-order valence-corrected chi connectivity index (χ1v) is 15.7. The summed E-state index contributed by atoms with van der Waals surface area (Å²) in [4.78, 5) is 2.17. The lowest BCUT2D eigenvalue weighted by atomic mass is 9.72. The fourth-order valence-electron chi connectivity index (χ4n) is 6.04. The van der Waals surface area contributed by atoms with E-state index in [1.54, 1.807) is 7.11 Å². The maximum atomic E-state index is 11.1. The molecule has 5 rings (SSSR count). The molecule has 3 aromatic rings. The molecule has 1 aliphatic carbocycles. The first kappa shape index (κ1) is 32.8. The molecule has 3 aromatic carbocycles. The molecule has 7 nitrogen and oxygen atoms in total. The van der Waals surface area contributed by atoms with Crippen molar-refractivity contribution in [2.24, 2.45) is 0 Å². The summed E-state index contributed by atoms with van der Waals surface area (Å²) in [5.41, 5.74) is 1.76. The van der Waals surface area contributed by atoms with E-state index < -0.39 is 5.60 Å². The zero-order chi connectivity index (χ0) is 30.5. The molecule has 234 valence electrons. The van der Waals surface area contributed by atoms with E-state index in [4.69, 9.17) is 18.9 Å². The minimum Gasteiger partial charge on any atom is -0.497 e. The van der Waals surface area contributed by atoms with Crippen LogP contribution >= 0.6 is 0 Å². The number of nitrogens with zero attached hydrogens (tertiary/aromatic N) is 1. The number of likely N-dealkylation sites (N-methyl/N-ethyl adjacent to an activating group) is 1. The Morgan fingerprint density at radius 3 is 2.19 bits per heavy atom. The second-order valence-corrected chi connectivity index (χ2v) is 11.7. The van der Waals surface area contributed by atoms with Gasteiger partial charge < -0.3 is 34.3 Å². The molecular weight excluding hydrogens is 540 g/mol. The number of para-hydroxylation sites is 2. The highest BCUT2D eigenvalue weighted by Crippen LogP contribution is 2.40. The SMILES string of the molecule is CCOc1ccccc1O[C@H](c1ccccc1)[C@H]1CNCCO1.COc1ccc(C(CN(C)C)C2(O)CCCCC2)cc1. The summed E-state index contributed by atoms with van der Waals surface area (Å²) in [6.07, 6.45) is 5.15. The minimum atomic E-state index is -0.558. The van der Waals surface area contributed by atoms with Gasteiger partial charge in [0.05, 0.1) is 25.9 Å². The van der Waals surface area contributed by atoms with Gasteiger partial charge >= 0.3 is 0 Å². The first-order valence-electron chi connectivity index (χ1n) is 15.7. The number of morpholine rings is 1. The summed E-state index contributed by atoms with van der Waals surface area (Å²) in [7, 11) is 5.83. The molecule has 0 aromatic heterocycles. The van der Waals surface area contributed by atoms with Crippen LogP contribution in [-0.4, -0.2) is 75.8 Å². The van der Waals surface area contributed by atoms with Crippen molar-refractivity contribution in [2.45, 2.75) is 62.8 Å². The van der Waals surface area contributed by atoms with Crippen LogP contribution in [0.2, 0.25) is 0 Å². The standard InChI is InChI=1S/C19H23NO3.C17H27NO2/c1-2-21-16-10-6-7-11-17(16)23-19(15-8-4-3-5-9-15)18-14-20-12-13-22-18;1-18(2)13-16(17(19)11-5-4-6-12-17)14-7-9-15(20-3)10-8-14/h3-11,18-20H,2,12-14H2,1H3;7-10,16,19H,4-6,11-13H2,1-3H3/t18-,19-;/m1./s1. The molecule has 3 atom stereocenters. The molecule has 2 fully saturated rings. The van der Waals surface area contributed by atoms with Crippen LogP contribution in [0.1, 0.15) is 62.2 Å². The van der Waals surface area contributed by atoms with E-state index in [0.717, 1.165) is 68.1 Å². The number of aliphatic hydroxyl groups is 1. The first-order chi connectivity index (χ1) is 20.9. The number of methoxy groups -OCH3 is 1. The summed E-state index contributed by atoms with van der Waals surface area (Å²) in [6, 6.07) is 26.2. The van der Waals surface area contributed by atoms with Gasteiger partial charge in [-0.25, -0.2) is 0 Å². The van der Waals surface area contributed by atoms with Crippen molar-refractivity contribution >= 4 is 0 Å². The van der Waals surface area contributed by atoms with Gasteiger partial charge in [-0.15, -0.1) is 0 Å². The second kappa shape index (κ2) is 16.7. The third-order valence-electron chi connectivity index (χ3n) is 8.26. The molecule has 1 saturated heterocycles. The highest BCUT2D eigenvalue weighted by molar-refractivity contribution is 5.40. The number of hydrogen-bond acceptors (Lipinski definition) is 7. The van der Waals surface area contributed by atoms with E-state index in [1.165, 1.54) is 12.0 Å². The van der Waals surface area contributed by atoms with Gasteiger partial charge in [0, 0.05) is 25.6 Å². The largest absolute Gasteiger partial charge is 0.497 e. The van der Waals surface area contributed by atoms with Crippen molar-refractivity contribution in [1.29, 1.82) is 0 Å². The van der Waals surface area contributed by atoms with Gasteiger partial charge in [0.1, 0.15) is 11.9 Å². The Morgan fingerprint density at radius 1 is 0.907 bits per heavy atom. The number of nitrogens with one attached hydrogen (secondary N) is 1. The fourth-order valence-corrected chi connectivity index (χ4v) is 6.04. The topological polar surface area (TPSA) is 72.4 Å². The summed E-state index contributed by atoms with van der Waals surface area (Å²) >= 11 is 0. The third-order valence-corrected chi connectivity index (χ3v) is 8.26. The molecule has 1 heterocycles. The zero-order valence-electron chi connectivity index (χ0n) is 26.3. The number of ether oxygens (including phenoxy) is 4. The normalized spacial score (nSPS) is 19.4. The number of benzene rings is 3. The quantitative estimate of drug-likeness (QED) is 0.274. The molecule has 2 aliphatic rings. The van der Waals surface area contributed by atoms with E-state index >= 15 is 0 Å². The maximum Gasteiger partial charge on any atom is 0.162 e. The average Bonchev–Trinajstić information content (AvgIpc) is 3.05. The summed E-state index contributed by atoms with van der Waals surface area (Å²) < 4.78 is 23.2. The van der Waals surface area contributed by atoms with Gasteiger partial charge in [0.2, 0.25) is 0 Å². The molecule has 1 unspecified atom stereocenters. The van der Waals surface area contributed by atoms with Gasteiger partial charge in [-0.3, -0.25) is 0 Å². The van der Waals surface area contributed by atoms with Crippen molar-refractivity contribution in [3.05, 3.63) is 90.0 Å². The molecule has 0 amide bonds. The van der Waals surface area contributed by atoms with Gasteiger partial charge in [-0.2, -0.15) is 0 Å². The van der Waals surface area contributed by atoms with E-state index in [2.05, 4.69) is 48.6 Å². The molecule has 0 bridgehead atoms. The molecule has 1 aliphatic heterocycles. The average molecular weight is 591 g/mol. The van der Waals surface area contributed by atoms with Gasteiger partial charge in [0.15, 0.2) is 17.6 Å². The van der Waals surface area contributed by atoms with Crippen LogP contribution in [-0.2, 0) is 4.74 Å². The molecule has 0 spiro atoms. The molecule has 1 saturated carbocycles. The summed E-state index contributed by atoms with van der Waals surface area (Å²) in [5, 5.41) is 14.5. The van der Waals surface area contributed by atoms with Crippen molar-refractivity contribution in [1.82, 2.24) is 10.2 Å². The van der Waals surface area contributed by atoms with E-state index in [1.807, 2.05) is 61.5 Å². The predicted molar refractivity (Wildman–Crippen MR) is 172 cm³/mol. The van der Waals surface area contributed by atoms with Gasteiger partial charge in [-0.05, 0) is 69.3 Å². The van der Waals surface area contributed by atoms with E-state index in [-0.39, 0.29) is 18.1 Å². The van der Waals surface area contributed by atoms with Crippen molar-refractivity contribution in [3.63, 3.8) is 0 Å². The van der Waals surface area contributed by atoms with Crippen LogP contribution in [0.25, 0.3) is 0 Å². The smallest absolute Gasteiger partial charge is 0.162 e. The van der Waals surface area contributed by atoms with Gasteiger partial charge in [-0.1, -0.05) is 73.9 Å². The molecule has 2 N–H and O–H groups in total. The monoisotopic (exact) mass is 590 g/mol. The van der Waals surface area contributed by atoms with Crippen molar-refractivity contribution in [2.75, 3.05) is 54.1 Å². The van der Waals surface area contributed by atoms with Crippen molar-refractivity contribution < 1.29 is 24.1 Å². The molecule has 7 heteroatoms. The molecule has 0 radical (unpaired) electrons. The lowest BCUT2D eigenvalue weighted by Gasteiger charge is -2.40. The summed E-state index contributed by atoms with van der Waals surface area (Å²) in [5.74, 6) is 2.55. The predicted octanol–water partition coefficient (Wildman–Crippen LogP) is 6.23. The van der Waals surface area contributed by atoms with Crippen LogP contribution in [0.15, 0.2) is 78.9 Å². The zero-order valence-corrected chi connectivity index (χ0v) is 26.3. The van der Waals surface area contributed by atoms with Crippen LogP contribution in [0.4, 0.5) is 0 Å². The fraction of sp³-hybridized carbons (Fsp3) is 0.500. The Bertz CT molecular complexity index is 1190. The maximum absolute atomic E-state index is 11.1. The highest BCUT2D eigenvalue weighted by atomic mass is 16.6. The van der Waals surface area contributed by atoms with Crippen LogP contribution < -0.4 is 19.5 Å². The molecular formula is C36H50N2O5. The van der Waals surface area contributed by atoms with Crippen LogP contribution in [0.3, 0.4) is 0 Å². The number of hydrogen-bond donors (Lipinski definition) is 2. The Labute approximate surface area is 258 Å². The van der Waals surface area contributed by atoms with Crippen LogP contribution in [0, 0.1) is 0 Å². The highest BCUT2D eigenvalue weighted by Gasteiger charge is 2.38. The van der Waals surface area contributed by atoms with E-state index in [0.29, 0.717) is 13.2 Å². The lowest BCUT2D eigenvalue weighted by molar-refractivity contribution is -0.0439. The third kappa shape index (κ3) is 9.44. The molecule has 43 heavy (non-hydrogen) atoms. The Hall–Kier alpha value is -3.10. The van der Waals surface area contributed by atoms with Crippen LogP contribution in [0.5, 0.6) is 17.2 Å². The summed E-state index contributed by atoms with van der Waals surface area (Å²) in [6.45, 7) is 5.81.